The van der Waals surface area contributed by atoms with Crippen LogP contribution in [0.5, 0.6) is 5.88 Å². The van der Waals surface area contributed by atoms with Gasteiger partial charge in [0.1, 0.15) is 6.61 Å². The number of benzene rings is 1. The minimum absolute atomic E-state index is 0.475. The number of nitrogens with zero attached hydrogens (tertiary/aromatic N) is 1. The Morgan fingerprint density at radius 1 is 1.10 bits per heavy atom. The molecule has 2 rings (SSSR count). The summed E-state index contributed by atoms with van der Waals surface area (Å²) in [7, 11) is 0. The van der Waals surface area contributed by atoms with Crippen LogP contribution in [0.4, 0.5) is 0 Å². The van der Waals surface area contributed by atoms with Crippen LogP contribution in [0.1, 0.15) is 30.7 Å². The molecule has 0 bridgehead atoms. The highest BCUT2D eigenvalue weighted by Gasteiger charge is 2.04. The first-order valence-electron chi connectivity index (χ1n) is 7.02. The maximum atomic E-state index is 5.72. The van der Waals surface area contributed by atoms with E-state index < -0.39 is 0 Å². The molecule has 0 saturated carbocycles. The highest BCUT2D eigenvalue weighted by Crippen LogP contribution is 2.14. The second-order valence-corrected chi connectivity index (χ2v) is 5.20. The second kappa shape index (κ2) is 7.06. The number of aryl methyl sites for hydroxylation is 1. The maximum absolute atomic E-state index is 5.72. The standard InChI is InChI=1S/C17H22N2O/c1-13(2)18-11-16-9-10-17(19-14(16)3)20-12-15-7-5-4-6-8-15/h4-10,13,18H,11-12H2,1-3H3. The summed E-state index contributed by atoms with van der Waals surface area (Å²) < 4.78 is 5.72. The van der Waals surface area contributed by atoms with Gasteiger partial charge >= 0.3 is 0 Å². The van der Waals surface area contributed by atoms with Crippen molar-refractivity contribution in [1.29, 1.82) is 0 Å². The molecule has 20 heavy (non-hydrogen) atoms. The molecule has 3 nitrogen and oxygen atoms in total. The Morgan fingerprint density at radius 2 is 1.85 bits per heavy atom. The first kappa shape index (κ1) is 14.5. The van der Waals surface area contributed by atoms with E-state index in [1.165, 1.54) is 5.56 Å². The molecule has 3 heteroatoms. The van der Waals surface area contributed by atoms with E-state index in [0.29, 0.717) is 18.5 Å². The fourth-order valence-corrected chi connectivity index (χ4v) is 1.88. The van der Waals surface area contributed by atoms with Crippen molar-refractivity contribution in [2.24, 2.45) is 0 Å². The third kappa shape index (κ3) is 4.35. The molecule has 1 N–H and O–H groups in total. The molecule has 1 aromatic heterocycles. The normalized spacial score (nSPS) is 10.8. The molecule has 106 valence electrons. The molecule has 0 fully saturated rings. The molecule has 1 heterocycles. The van der Waals surface area contributed by atoms with Gasteiger partial charge in [0.05, 0.1) is 0 Å². The van der Waals surface area contributed by atoms with Crippen molar-refractivity contribution in [2.45, 2.75) is 40.0 Å². The van der Waals surface area contributed by atoms with Crippen LogP contribution in [-0.4, -0.2) is 11.0 Å². The lowest BCUT2D eigenvalue weighted by atomic mass is 10.2. The van der Waals surface area contributed by atoms with Gasteiger partial charge in [-0.05, 0) is 18.1 Å². The van der Waals surface area contributed by atoms with Crippen LogP contribution in [0.25, 0.3) is 0 Å². The second-order valence-electron chi connectivity index (χ2n) is 5.20. The predicted molar refractivity (Wildman–Crippen MR) is 81.7 cm³/mol. The van der Waals surface area contributed by atoms with E-state index in [0.717, 1.165) is 17.8 Å². The summed E-state index contributed by atoms with van der Waals surface area (Å²) in [5, 5.41) is 3.40. The van der Waals surface area contributed by atoms with Gasteiger partial charge in [0.2, 0.25) is 5.88 Å². The van der Waals surface area contributed by atoms with Crippen LogP contribution < -0.4 is 10.1 Å². The Kier molecular flexibility index (Phi) is 5.13. The first-order chi connectivity index (χ1) is 9.65. The smallest absolute Gasteiger partial charge is 0.213 e. The van der Waals surface area contributed by atoms with Crippen LogP contribution in [0.3, 0.4) is 0 Å². The van der Waals surface area contributed by atoms with Crippen molar-refractivity contribution < 1.29 is 4.74 Å². The topological polar surface area (TPSA) is 34.1 Å². The minimum Gasteiger partial charge on any atom is -0.473 e. The van der Waals surface area contributed by atoms with Crippen LogP contribution in [0.15, 0.2) is 42.5 Å². The largest absolute Gasteiger partial charge is 0.473 e. The third-order valence-electron chi connectivity index (χ3n) is 3.10. The molecule has 0 unspecified atom stereocenters. The summed E-state index contributed by atoms with van der Waals surface area (Å²) in [5.41, 5.74) is 3.38. The summed E-state index contributed by atoms with van der Waals surface area (Å²) in [6.07, 6.45) is 0. The summed E-state index contributed by atoms with van der Waals surface area (Å²) in [6, 6.07) is 14.6. The molecule has 0 spiro atoms. The van der Waals surface area contributed by atoms with Gasteiger partial charge in [-0.1, -0.05) is 50.2 Å². The van der Waals surface area contributed by atoms with Crippen LogP contribution in [0, 0.1) is 6.92 Å². The first-order valence-corrected chi connectivity index (χ1v) is 7.02. The minimum atomic E-state index is 0.475. The van der Waals surface area contributed by atoms with E-state index >= 15 is 0 Å². The Bertz CT molecular complexity index is 538. The lowest BCUT2D eigenvalue weighted by molar-refractivity contribution is 0.293. The molecule has 2 aromatic rings. The SMILES string of the molecule is Cc1nc(OCc2ccccc2)ccc1CNC(C)C. The zero-order chi connectivity index (χ0) is 14.4. The Balaban J connectivity index is 1.95. The monoisotopic (exact) mass is 270 g/mol. The number of aromatic nitrogens is 1. The average molecular weight is 270 g/mol. The molecule has 0 amide bonds. The van der Waals surface area contributed by atoms with E-state index in [2.05, 4.69) is 30.2 Å². The predicted octanol–water partition coefficient (Wildman–Crippen LogP) is 3.47. The molecule has 0 aliphatic heterocycles. The lowest BCUT2D eigenvalue weighted by Crippen LogP contribution is -2.22. The van der Waals surface area contributed by atoms with Gasteiger partial charge in [0.25, 0.3) is 0 Å². The van der Waals surface area contributed by atoms with Crippen LogP contribution in [0.2, 0.25) is 0 Å². The quantitative estimate of drug-likeness (QED) is 0.872. The van der Waals surface area contributed by atoms with Gasteiger partial charge in [-0.15, -0.1) is 0 Å². The molecule has 0 saturated heterocycles. The van der Waals surface area contributed by atoms with Crippen LogP contribution in [-0.2, 0) is 13.2 Å². The number of ether oxygens (including phenoxy) is 1. The molecule has 0 aliphatic rings. The maximum Gasteiger partial charge on any atom is 0.213 e. The van der Waals surface area contributed by atoms with Crippen molar-refractivity contribution in [1.82, 2.24) is 10.3 Å². The molecule has 0 aliphatic carbocycles. The fourth-order valence-electron chi connectivity index (χ4n) is 1.88. The van der Waals surface area contributed by atoms with Crippen molar-refractivity contribution in [2.75, 3.05) is 0 Å². The Hall–Kier alpha value is -1.87. The van der Waals surface area contributed by atoms with E-state index in [1.54, 1.807) is 0 Å². The lowest BCUT2D eigenvalue weighted by Gasteiger charge is -2.11. The van der Waals surface area contributed by atoms with Gasteiger partial charge in [-0.25, -0.2) is 4.98 Å². The number of nitrogens with one attached hydrogen (secondary N) is 1. The van der Waals surface area contributed by atoms with Crippen molar-refractivity contribution in [3.05, 3.63) is 59.3 Å². The number of rotatable bonds is 6. The van der Waals surface area contributed by atoms with Gasteiger partial charge in [-0.3, -0.25) is 0 Å². The van der Waals surface area contributed by atoms with Gasteiger partial charge in [0, 0.05) is 24.3 Å². The number of hydrogen-bond donors (Lipinski definition) is 1. The van der Waals surface area contributed by atoms with Crippen molar-refractivity contribution >= 4 is 0 Å². The zero-order valence-corrected chi connectivity index (χ0v) is 12.4. The van der Waals surface area contributed by atoms with Gasteiger partial charge < -0.3 is 10.1 Å². The summed E-state index contributed by atoms with van der Waals surface area (Å²) >= 11 is 0. The van der Waals surface area contributed by atoms with Gasteiger partial charge in [-0.2, -0.15) is 0 Å². The molecular formula is C17H22N2O. The fraction of sp³-hybridized carbons (Fsp3) is 0.353. The third-order valence-corrected chi connectivity index (χ3v) is 3.10. The zero-order valence-electron chi connectivity index (χ0n) is 12.4. The Morgan fingerprint density at radius 3 is 2.50 bits per heavy atom. The van der Waals surface area contributed by atoms with E-state index in [4.69, 9.17) is 4.74 Å². The summed E-state index contributed by atoms with van der Waals surface area (Å²) in [5.74, 6) is 0.680. The van der Waals surface area contributed by atoms with E-state index in [1.807, 2.05) is 43.3 Å². The van der Waals surface area contributed by atoms with E-state index in [-0.39, 0.29) is 0 Å². The van der Waals surface area contributed by atoms with Crippen LogP contribution >= 0.6 is 0 Å². The van der Waals surface area contributed by atoms with Crippen molar-refractivity contribution in [3.63, 3.8) is 0 Å². The Labute approximate surface area is 121 Å². The highest BCUT2D eigenvalue weighted by atomic mass is 16.5. The number of hydrogen-bond acceptors (Lipinski definition) is 3. The number of pyridine rings is 1. The summed E-state index contributed by atoms with van der Waals surface area (Å²) in [6.45, 7) is 7.69. The average Bonchev–Trinajstić information content (AvgIpc) is 2.45. The summed E-state index contributed by atoms with van der Waals surface area (Å²) in [4.78, 5) is 4.50. The molecular weight excluding hydrogens is 248 g/mol. The molecule has 0 atom stereocenters. The van der Waals surface area contributed by atoms with Crippen molar-refractivity contribution in [3.8, 4) is 5.88 Å². The molecule has 0 radical (unpaired) electrons. The highest BCUT2D eigenvalue weighted by molar-refractivity contribution is 5.25. The van der Waals surface area contributed by atoms with E-state index in [9.17, 15) is 0 Å². The molecule has 1 aromatic carbocycles. The van der Waals surface area contributed by atoms with Gasteiger partial charge in [0.15, 0.2) is 0 Å².